The summed E-state index contributed by atoms with van der Waals surface area (Å²) in [5.41, 5.74) is 0. The van der Waals surface area contributed by atoms with Crippen molar-refractivity contribution in [1.82, 2.24) is 0 Å². The number of aliphatic hydroxyl groups excluding tert-OH is 1. The molecule has 0 heterocycles. The fraction of sp³-hybridized carbons (Fsp3) is 0.867. The summed E-state index contributed by atoms with van der Waals surface area (Å²) in [5, 5.41) is 29.0. The van der Waals surface area contributed by atoms with Crippen LogP contribution < -0.4 is 34.7 Å². The third-order valence-corrected chi connectivity index (χ3v) is 3.88. The van der Waals surface area contributed by atoms with Crippen molar-refractivity contribution in [2.24, 2.45) is 0 Å². The molecule has 6 nitrogen and oxygen atoms in total. The molecule has 7 heteroatoms. The van der Waals surface area contributed by atoms with Crippen LogP contribution in [0.4, 0.5) is 0 Å². The van der Waals surface area contributed by atoms with Crippen molar-refractivity contribution in [3.8, 4) is 0 Å². The standard InChI is InChI=1S/C15H29NO5.Na/c1-2-3-4-5-6-7-10-16(13-17,11-8-14(18)19)12-9-15(20)21;/h17H,2-13H2,1H3,(H-,18,19,20,21);/q;+1. The van der Waals surface area contributed by atoms with Gasteiger partial charge in [0.2, 0.25) is 0 Å². The Morgan fingerprint density at radius 2 is 1.50 bits per heavy atom. The molecule has 0 aliphatic rings. The van der Waals surface area contributed by atoms with Crippen LogP contribution in [0.15, 0.2) is 0 Å². The molecule has 0 rings (SSSR count). The van der Waals surface area contributed by atoms with E-state index in [4.69, 9.17) is 5.11 Å². The zero-order valence-electron chi connectivity index (χ0n) is 14.1. The Hall–Kier alpha value is -0.140. The first-order valence-corrected chi connectivity index (χ1v) is 7.83. The smallest absolute Gasteiger partial charge is 0.550 e. The van der Waals surface area contributed by atoms with E-state index in [1.807, 2.05) is 0 Å². The van der Waals surface area contributed by atoms with E-state index < -0.39 is 11.9 Å². The molecule has 22 heavy (non-hydrogen) atoms. The van der Waals surface area contributed by atoms with Crippen LogP contribution in [0.2, 0.25) is 0 Å². The summed E-state index contributed by atoms with van der Waals surface area (Å²) in [5.74, 6) is -2.09. The van der Waals surface area contributed by atoms with E-state index in [1.54, 1.807) is 0 Å². The zero-order valence-corrected chi connectivity index (χ0v) is 16.1. The molecule has 0 saturated carbocycles. The van der Waals surface area contributed by atoms with Crippen molar-refractivity contribution >= 4 is 11.9 Å². The van der Waals surface area contributed by atoms with Gasteiger partial charge in [-0.15, -0.1) is 0 Å². The Kier molecular flexibility index (Phi) is 15.8. The number of carboxylic acid groups (broad SMARTS) is 2. The summed E-state index contributed by atoms with van der Waals surface area (Å²) < 4.78 is 0.133. The molecule has 0 saturated heterocycles. The number of nitrogens with zero attached hydrogens (tertiary/aromatic N) is 1. The number of unbranched alkanes of at least 4 members (excludes halogenated alkanes) is 5. The molecular formula is C15H29NNaO5+. The molecule has 0 aliphatic carbocycles. The fourth-order valence-corrected chi connectivity index (χ4v) is 2.44. The van der Waals surface area contributed by atoms with E-state index in [-0.39, 0.29) is 66.7 Å². The molecule has 0 spiro atoms. The second-order valence-corrected chi connectivity index (χ2v) is 5.69. The average molecular weight is 326 g/mol. The molecule has 0 aromatic heterocycles. The summed E-state index contributed by atoms with van der Waals surface area (Å²) in [6, 6.07) is 0. The Labute approximate surface area is 155 Å². The van der Waals surface area contributed by atoms with Gasteiger partial charge in [-0.1, -0.05) is 32.6 Å². The predicted molar refractivity (Wildman–Crippen MR) is 77.2 cm³/mol. The molecule has 0 aliphatic heterocycles. The number of carboxylic acids is 2. The summed E-state index contributed by atoms with van der Waals surface area (Å²) in [7, 11) is 0. The molecule has 0 aromatic rings. The van der Waals surface area contributed by atoms with Crippen LogP contribution >= 0.6 is 0 Å². The van der Waals surface area contributed by atoms with E-state index in [9.17, 15) is 19.8 Å². The molecule has 0 radical (unpaired) electrons. The molecule has 1 atom stereocenters. The van der Waals surface area contributed by atoms with Crippen LogP contribution in [0.25, 0.3) is 0 Å². The second-order valence-electron chi connectivity index (χ2n) is 5.69. The Balaban J connectivity index is 0. The normalized spacial score (nSPS) is 13.2. The predicted octanol–water partition coefficient (Wildman–Crippen LogP) is -2.27. The van der Waals surface area contributed by atoms with Crippen molar-refractivity contribution in [2.75, 3.05) is 26.4 Å². The first-order valence-electron chi connectivity index (χ1n) is 7.83. The maximum Gasteiger partial charge on any atom is 1.00 e. The number of rotatable bonds is 14. The quantitative estimate of drug-likeness (QED) is 0.162. The van der Waals surface area contributed by atoms with Gasteiger partial charge in [0.1, 0.15) is 0 Å². The van der Waals surface area contributed by atoms with E-state index in [1.165, 1.54) is 19.3 Å². The second kappa shape index (κ2) is 14.5. The summed E-state index contributed by atoms with van der Waals surface area (Å²) in [4.78, 5) is 21.4. The van der Waals surface area contributed by atoms with Crippen molar-refractivity contribution in [2.45, 2.75) is 58.3 Å². The number of carbonyl (C=O) groups excluding carboxylic acids is 1. The van der Waals surface area contributed by atoms with Gasteiger partial charge in [-0.25, -0.2) is 0 Å². The summed E-state index contributed by atoms with van der Waals surface area (Å²) in [6.45, 7) is 3.02. The monoisotopic (exact) mass is 326 g/mol. The number of hydrogen-bond acceptors (Lipinski definition) is 4. The minimum Gasteiger partial charge on any atom is -0.550 e. The molecule has 124 valence electrons. The number of aliphatic carboxylic acids is 2. The maximum absolute atomic E-state index is 10.7. The van der Waals surface area contributed by atoms with Gasteiger partial charge in [-0.2, -0.15) is 0 Å². The van der Waals surface area contributed by atoms with Gasteiger partial charge in [0, 0.05) is 12.4 Å². The number of quaternary nitrogens is 1. The molecule has 2 N–H and O–H groups in total. The first-order chi connectivity index (χ1) is 9.95. The number of aliphatic hydroxyl groups is 1. The van der Waals surface area contributed by atoms with Crippen LogP contribution in [0.5, 0.6) is 0 Å². The Bertz CT molecular complexity index is 294. The summed E-state index contributed by atoms with van der Waals surface area (Å²) >= 11 is 0. The number of carbonyl (C=O) groups is 2. The van der Waals surface area contributed by atoms with Gasteiger partial charge < -0.3 is 24.6 Å². The minimum atomic E-state index is -1.16. The van der Waals surface area contributed by atoms with Crippen LogP contribution in [0, 0.1) is 0 Å². The molecule has 0 aromatic carbocycles. The van der Waals surface area contributed by atoms with Gasteiger partial charge in [-0.3, -0.25) is 4.79 Å². The van der Waals surface area contributed by atoms with Crippen LogP contribution in [0.1, 0.15) is 58.3 Å². The Morgan fingerprint density at radius 3 is 2.00 bits per heavy atom. The number of hydrogen-bond donors (Lipinski definition) is 2. The minimum absolute atomic E-state index is 0. The van der Waals surface area contributed by atoms with Crippen molar-refractivity contribution in [3.63, 3.8) is 0 Å². The maximum atomic E-state index is 10.7. The van der Waals surface area contributed by atoms with Crippen molar-refractivity contribution in [3.05, 3.63) is 0 Å². The molecule has 0 fully saturated rings. The average Bonchev–Trinajstić information content (AvgIpc) is 2.45. The van der Waals surface area contributed by atoms with E-state index in [0.717, 1.165) is 19.3 Å². The van der Waals surface area contributed by atoms with E-state index in [2.05, 4.69) is 6.92 Å². The van der Waals surface area contributed by atoms with Gasteiger partial charge in [-0.05, 0) is 12.8 Å². The van der Waals surface area contributed by atoms with Gasteiger partial charge in [0.05, 0.1) is 26.1 Å². The zero-order chi connectivity index (χ0) is 16.1. The molecule has 0 bridgehead atoms. The molecular weight excluding hydrogens is 297 g/mol. The van der Waals surface area contributed by atoms with E-state index >= 15 is 0 Å². The van der Waals surface area contributed by atoms with Gasteiger partial charge in [0.25, 0.3) is 0 Å². The molecule has 0 amide bonds. The van der Waals surface area contributed by atoms with Crippen LogP contribution in [-0.2, 0) is 9.59 Å². The van der Waals surface area contributed by atoms with Gasteiger partial charge in [0.15, 0.2) is 6.73 Å². The fourth-order valence-electron chi connectivity index (χ4n) is 2.44. The van der Waals surface area contributed by atoms with Gasteiger partial charge >= 0.3 is 35.5 Å². The molecule has 1 unspecified atom stereocenters. The topological polar surface area (TPSA) is 97.7 Å². The van der Waals surface area contributed by atoms with Crippen molar-refractivity contribution < 1.29 is 58.9 Å². The van der Waals surface area contributed by atoms with Crippen LogP contribution in [0.3, 0.4) is 0 Å². The van der Waals surface area contributed by atoms with E-state index in [0.29, 0.717) is 6.54 Å². The third-order valence-electron chi connectivity index (χ3n) is 3.88. The van der Waals surface area contributed by atoms with Crippen molar-refractivity contribution in [1.29, 1.82) is 0 Å². The Morgan fingerprint density at radius 1 is 0.955 bits per heavy atom. The SMILES string of the molecule is CCCCCCCC[N+](CO)(CCC(=O)[O-])CCC(=O)O.[Na+]. The first kappa shape index (κ1) is 24.1. The van der Waals surface area contributed by atoms with Crippen LogP contribution in [-0.4, -0.2) is 53.0 Å². The third kappa shape index (κ3) is 12.4. The summed E-state index contributed by atoms with van der Waals surface area (Å²) in [6.07, 6.45) is 6.38. The largest absolute Gasteiger partial charge is 1.00 e.